The Morgan fingerprint density at radius 2 is 1.69 bits per heavy atom. The summed E-state index contributed by atoms with van der Waals surface area (Å²) in [4.78, 5) is 39.0. The molecule has 0 spiro atoms. The van der Waals surface area contributed by atoms with E-state index >= 15 is 0 Å². The largest absolute Gasteiger partial charge is 0.439 e. The maximum Gasteiger partial charge on any atom is 0.439 e. The minimum absolute atomic E-state index is 0.230. The molecule has 29 heavy (non-hydrogen) atoms. The van der Waals surface area contributed by atoms with Crippen LogP contribution in [0.15, 0.2) is 75.4 Å². The van der Waals surface area contributed by atoms with Gasteiger partial charge in [0.1, 0.15) is 0 Å². The molecule has 0 atom stereocenters. The Labute approximate surface area is 168 Å². The molecule has 0 aliphatic carbocycles. The van der Waals surface area contributed by atoms with E-state index in [-0.39, 0.29) is 17.6 Å². The number of carbonyl (C=O) groups is 2. The molecular formula is C20H14N4O4S. The van der Waals surface area contributed by atoms with Gasteiger partial charge >= 0.3 is 5.76 Å². The molecule has 144 valence electrons. The first-order chi connectivity index (χ1) is 14.1. The minimum atomic E-state index is -0.657. The van der Waals surface area contributed by atoms with Gasteiger partial charge in [-0.1, -0.05) is 29.4 Å². The fourth-order valence-electron chi connectivity index (χ4n) is 2.64. The average Bonchev–Trinajstić information content (AvgIpc) is 3.40. The Morgan fingerprint density at radius 3 is 2.41 bits per heavy atom. The molecule has 9 heteroatoms. The van der Waals surface area contributed by atoms with E-state index in [1.807, 2.05) is 5.38 Å². The summed E-state index contributed by atoms with van der Waals surface area (Å²) >= 11 is 1.34. The van der Waals surface area contributed by atoms with E-state index in [1.165, 1.54) is 11.3 Å². The van der Waals surface area contributed by atoms with E-state index in [9.17, 15) is 14.4 Å². The van der Waals surface area contributed by atoms with Crippen molar-refractivity contribution in [2.75, 3.05) is 10.6 Å². The first-order valence-corrected chi connectivity index (χ1v) is 9.39. The molecular weight excluding hydrogens is 392 g/mol. The highest BCUT2D eigenvalue weighted by atomic mass is 32.1. The second-order valence-corrected chi connectivity index (χ2v) is 6.94. The van der Waals surface area contributed by atoms with Gasteiger partial charge in [0.25, 0.3) is 11.8 Å². The van der Waals surface area contributed by atoms with Crippen LogP contribution in [0, 0.1) is 0 Å². The first-order valence-electron chi connectivity index (χ1n) is 8.51. The number of amides is 2. The zero-order valence-corrected chi connectivity index (χ0v) is 15.7. The van der Waals surface area contributed by atoms with Crippen molar-refractivity contribution >= 4 is 34.5 Å². The molecule has 0 fully saturated rings. The lowest BCUT2D eigenvalue weighted by Crippen LogP contribution is -2.14. The van der Waals surface area contributed by atoms with Gasteiger partial charge in [-0.05, 0) is 41.8 Å². The normalized spacial score (nSPS) is 10.5. The molecule has 2 amide bonds. The highest BCUT2D eigenvalue weighted by Crippen LogP contribution is 2.20. The van der Waals surface area contributed by atoms with Crippen molar-refractivity contribution in [2.24, 2.45) is 0 Å². The first kappa shape index (κ1) is 18.4. The minimum Gasteiger partial charge on any atom is -0.322 e. The Bertz CT molecular complexity index is 1230. The monoisotopic (exact) mass is 406 g/mol. The highest BCUT2D eigenvalue weighted by molar-refractivity contribution is 7.12. The van der Waals surface area contributed by atoms with Crippen LogP contribution in [0.1, 0.15) is 20.0 Å². The number of anilines is 2. The van der Waals surface area contributed by atoms with Crippen LogP contribution in [0.2, 0.25) is 0 Å². The lowest BCUT2D eigenvalue weighted by atomic mass is 10.1. The summed E-state index contributed by atoms with van der Waals surface area (Å²) in [5, 5.41) is 11.0. The number of aromatic amines is 1. The lowest BCUT2D eigenvalue weighted by molar-refractivity contribution is 0.101. The molecule has 0 bridgehead atoms. The Hall–Kier alpha value is -3.98. The molecule has 3 N–H and O–H groups in total. The van der Waals surface area contributed by atoms with Crippen molar-refractivity contribution < 1.29 is 14.1 Å². The van der Waals surface area contributed by atoms with E-state index < -0.39 is 5.76 Å². The molecule has 4 aromatic rings. The molecule has 2 heterocycles. The van der Waals surface area contributed by atoms with Crippen molar-refractivity contribution in [3.63, 3.8) is 0 Å². The number of thiophene rings is 1. The third-order valence-electron chi connectivity index (χ3n) is 3.96. The Morgan fingerprint density at radius 1 is 0.931 bits per heavy atom. The van der Waals surface area contributed by atoms with E-state index in [0.717, 1.165) is 0 Å². The van der Waals surface area contributed by atoms with Gasteiger partial charge in [-0.25, -0.2) is 4.79 Å². The molecule has 0 aliphatic heterocycles. The third kappa shape index (κ3) is 4.30. The van der Waals surface area contributed by atoms with Gasteiger partial charge in [0.2, 0.25) is 0 Å². The SMILES string of the molecule is O=C(Nc1cccc(-c2noc(=O)[nH]2)c1)c1cccc(NC(=O)c2cccs2)c1. The molecule has 0 radical (unpaired) electrons. The number of hydrogen-bond donors (Lipinski definition) is 3. The Balaban J connectivity index is 1.49. The summed E-state index contributed by atoms with van der Waals surface area (Å²) in [5.41, 5.74) is 2.01. The number of nitrogens with zero attached hydrogens (tertiary/aromatic N) is 1. The van der Waals surface area contributed by atoms with E-state index in [1.54, 1.807) is 60.7 Å². The number of benzene rings is 2. The maximum atomic E-state index is 12.6. The smallest absolute Gasteiger partial charge is 0.322 e. The summed E-state index contributed by atoms with van der Waals surface area (Å²) in [5.74, 6) is -0.963. The second kappa shape index (κ2) is 7.95. The molecule has 0 aliphatic rings. The zero-order chi connectivity index (χ0) is 20.2. The molecule has 2 aromatic carbocycles. The van der Waals surface area contributed by atoms with Gasteiger partial charge in [-0.2, -0.15) is 0 Å². The number of hydrogen-bond acceptors (Lipinski definition) is 6. The summed E-state index contributed by atoms with van der Waals surface area (Å²) in [7, 11) is 0. The Kier molecular flexibility index (Phi) is 5.04. The molecule has 8 nitrogen and oxygen atoms in total. The zero-order valence-electron chi connectivity index (χ0n) is 14.8. The average molecular weight is 406 g/mol. The maximum absolute atomic E-state index is 12.6. The van der Waals surface area contributed by atoms with Crippen molar-refractivity contribution in [1.29, 1.82) is 0 Å². The van der Waals surface area contributed by atoms with Crippen LogP contribution in [0.3, 0.4) is 0 Å². The second-order valence-electron chi connectivity index (χ2n) is 5.99. The van der Waals surface area contributed by atoms with Crippen LogP contribution >= 0.6 is 11.3 Å². The van der Waals surface area contributed by atoms with Crippen molar-refractivity contribution in [1.82, 2.24) is 10.1 Å². The number of rotatable bonds is 5. The van der Waals surface area contributed by atoms with Crippen LogP contribution in [-0.4, -0.2) is 22.0 Å². The van der Waals surface area contributed by atoms with Gasteiger partial charge in [-0.15, -0.1) is 11.3 Å². The molecule has 0 saturated heterocycles. The number of nitrogens with one attached hydrogen (secondary N) is 3. The summed E-state index contributed by atoms with van der Waals surface area (Å²) in [6.45, 7) is 0. The summed E-state index contributed by atoms with van der Waals surface area (Å²) < 4.78 is 4.50. The number of aromatic nitrogens is 2. The summed E-state index contributed by atoms with van der Waals surface area (Å²) in [6.07, 6.45) is 0. The fourth-order valence-corrected chi connectivity index (χ4v) is 3.26. The highest BCUT2D eigenvalue weighted by Gasteiger charge is 2.11. The van der Waals surface area contributed by atoms with E-state index in [0.29, 0.717) is 27.4 Å². The van der Waals surface area contributed by atoms with Gasteiger partial charge in [0, 0.05) is 22.5 Å². The number of H-pyrrole nitrogens is 1. The van der Waals surface area contributed by atoms with Crippen molar-refractivity contribution in [3.05, 3.63) is 87.0 Å². The fraction of sp³-hybridized carbons (Fsp3) is 0. The van der Waals surface area contributed by atoms with Gasteiger partial charge in [-0.3, -0.25) is 19.1 Å². The van der Waals surface area contributed by atoms with Crippen LogP contribution in [0.4, 0.5) is 11.4 Å². The molecule has 4 rings (SSSR count). The van der Waals surface area contributed by atoms with E-state index in [4.69, 9.17) is 0 Å². The van der Waals surface area contributed by atoms with Gasteiger partial charge in [0.05, 0.1) is 4.88 Å². The quantitative estimate of drug-likeness (QED) is 0.468. The summed E-state index contributed by atoms with van der Waals surface area (Å²) in [6, 6.07) is 17.0. The number of carbonyl (C=O) groups excluding carboxylic acids is 2. The van der Waals surface area contributed by atoms with Crippen LogP contribution < -0.4 is 16.4 Å². The van der Waals surface area contributed by atoms with Crippen molar-refractivity contribution in [2.45, 2.75) is 0 Å². The van der Waals surface area contributed by atoms with Crippen molar-refractivity contribution in [3.8, 4) is 11.4 Å². The standard InChI is InChI=1S/C20H14N4O4S/c25-18(21-14-6-1-4-12(10-14)17-23-20(27)28-24-17)13-5-2-7-15(11-13)22-19(26)16-8-3-9-29-16/h1-11H,(H,21,25)(H,22,26)(H,23,24,27). The predicted molar refractivity (Wildman–Crippen MR) is 109 cm³/mol. The third-order valence-corrected chi connectivity index (χ3v) is 4.83. The topological polar surface area (TPSA) is 117 Å². The molecule has 2 aromatic heterocycles. The predicted octanol–water partition coefficient (Wildman–Crippen LogP) is 3.60. The molecule has 0 unspecified atom stereocenters. The van der Waals surface area contributed by atoms with Crippen LogP contribution in [-0.2, 0) is 0 Å². The van der Waals surface area contributed by atoms with Crippen LogP contribution in [0.5, 0.6) is 0 Å². The lowest BCUT2D eigenvalue weighted by Gasteiger charge is -2.09. The molecule has 0 saturated carbocycles. The van der Waals surface area contributed by atoms with E-state index in [2.05, 4.69) is 25.3 Å². The van der Waals surface area contributed by atoms with Gasteiger partial charge in [0.15, 0.2) is 5.82 Å². The van der Waals surface area contributed by atoms with Crippen LogP contribution in [0.25, 0.3) is 11.4 Å². The van der Waals surface area contributed by atoms with Gasteiger partial charge < -0.3 is 10.6 Å².